The summed E-state index contributed by atoms with van der Waals surface area (Å²) in [5.41, 5.74) is 3.57. The standard InChI is InChI=1S/C16H21N3/c1-4-14-11(2)10-17-16-12(3)15(18-19(14)16)13-8-6-5-7-9-13/h5-9,11,14,17H,4,10H2,1-3H3. The van der Waals surface area contributed by atoms with Crippen molar-refractivity contribution in [3.63, 3.8) is 0 Å². The van der Waals surface area contributed by atoms with Gasteiger partial charge in [-0.1, -0.05) is 44.2 Å². The summed E-state index contributed by atoms with van der Waals surface area (Å²) in [7, 11) is 0. The van der Waals surface area contributed by atoms with Crippen molar-refractivity contribution in [2.24, 2.45) is 5.92 Å². The van der Waals surface area contributed by atoms with E-state index in [1.807, 2.05) is 6.07 Å². The first-order valence-corrected chi connectivity index (χ1v) is 7.10. The molecule has 1 aromatic heterocycles. The van der Waals surface area contributed by atoms with Gasteiger partial charge < -0.3 is 5.32 Å². The number of aromatic nitrogens is 2. The van der Waals surface area contributed by atoms with E-state index in [1.54, 1.807) is 0 Å². The molecule has 3 nitrogen and oxygen atoms in total. The lowest BCUT2D eigenvalue weighted by Crippen LogP contribution is -2.31. The minimum Gasteiger partial charge on any atom is -0.370 e. The van der Waals surface area contributed by atoms with E-state index in [4.69, 9.17) is 5.10 Å². The second-order valence-electron chi connectivity index (χ2n) is 5.47. The molecule has 1 aliphatic rings. The van der Waals surface area contributed by atoms with E-state index in [-0.39, 0.29) is 0 Å². The first kappa shape index (κ1) is 12.3. The molecular formula is C16H21N3. The average Bonchev–Trinajstić information content (AvgIpc) is 2.77. The van der Waals surface area contributed by atoms with Crippen molar-refractivity contribution in [3.8, 4) is 11.3 Å². The minimum atomic E-state index is 0.507. The summed E-state index contributed by atoms with van der Waals surface area (Å²) in [6.45, 7) is 7.74. The van der Waals surface area contributed by atoms with Crippen molar-refractivity contribution in [2.75, 3.05) is 11.9 Å². The second-order valence-corrected chi connectivity index (χ2v) is 5.47. The predicted molar refractivity (Wildman–Crippen MR) is 79.4 cm³/mol. The maximum Gasteiger partial charge on any atom is 0.128 e. The highest BCUT2D eigenvalue weighted by atomic mass is 15.4. The highest BCUT2D eigenvalue weighted by molar-refractivity contribution is 5.69. The van der Waals surface area contributed by atoms with Gasteiger partial charge in [0.05, 0.1) is 11.7 Å². The Kier molecular flexibility index (Phi) is 3.05. The topological polar surface area (TPSA) is 29.9 Å². The van der Waals surface area contributed by atoms with Gasteiger partial charge in [-0.05, 0) is 19.3 Å². The Morgan fingerprint density at radius 3 is 2.74 bits per heavy atom. The molecule has 0 spiro atoms. The first-order chi connectivity index (χ1) is 9.22. The summed E-state index contributed by atoms with van der Waals surface area (Å²) in [6, 6.07) is 11.0. The number of benzene rings is 1. The van der Waals surface area contributed by atoms with Crippen molar-refractivity contribution in [2.45, 2.75) is 33.2 Å². The fourth-order valence-electron chi connectivity index (χ4n) is 3.05. The van der Waals surface area contributed by atoms with Crippen LogP contribution in [0.25, 0.3) is 11.3 Å². The van der Waals surface area contributed by atoms with Crippen LogP contribution in [0, 0.1) is 12.8 Å². The van der Waals surface area contributed by atoms with E-state index < -0.39 is 0 Å². The Morgan fingerprint density at radius 1 is 1.32 bits per heavy atom. The van der Waals surface area contributed by atoms with Crippen molar-refractivity contribution in [3.05, 3.63) is 35.9 Å². The van der Waals surface area contributed by atoms with Crippen LogP contribution in [0.3, 0.4) is 0 Å². The monoisotopic (exact) mass is 255 g/mol. The quantitative estimate of drug-likeness (QED) is 0.882. The zero-order valence-electron chi connectivity index (χ0n) is 11.9. The van der Waals surface area contributed by atoms with Crippen LogP contribution in [0.2, 0.25) is 0 Å². The van der Waals surface area contributed by atoms with E-state index in [0.717, 1.165) is 18.7 Å². The molecule has 3 heteroatoms. The van der Waals surface area contributed by atoms with E-state index >= 15 is 0 Å². The lowest BCUT2D eigenvalue weighted by molar-refractivity contribution is 0.313. The molecule has 0 amide bonds. The molecule has 0 saturated carbocycles. The molecular weight excluding hydrogens is 234 g/mol. The van der Waals surface area contributed by atoms with E-state index in [2.05, 4.69) is 55.0 Å². The number of hydrogen-bond acceptors (Lipinski definition) is 2. The molecule has 2 heterocycles. The zero-order chi connectivity index (χ0) is 13.4. The van der Waals surface area contributed by atoms with Crippen molar-refractivity contribution < 1.29 is 0 Å². The molecule has 0 aliphatic carbocycles. The van der Waals surface area contributed by atoms with Crippen LogP contribution in [0.4, 0.5) is 5.82 Å². The van der Waals surface area contributed by atoms with Crippen molar-refractivity contribution >= 4 is 5.82 Å². The molecule has 0 fully saturated rings. The van der Waals surface area contributed by atoms with Crippen LogP contribution < -0.4 is 5.32 Å². The van der Waals surface area contributed by atoms with Gasteiger partial charge in [0.1, 0.15) is 5.82 Å². The molecule has 1 aliphatic heterocycles. The van der Waals surface area contributed by atoms with Crippen LogP contribution >= 0.6 is 0 Å². The molecule has 3 rings (SSSR count). The fraction of sp³-hybridized carbons (Fsp3) is 0.438. The maximum atomic E-state index is 4.88. The Morgan fingerprint density at radius 2 is 2.05 bits per heavy atom. The van der Waals surface area contributed by atoms with Crippen molar-refractivity contribution in [1.29, 1.82) is 0 Å². The highest BCUT2D eigenvalue weighted by Gasteiger charge is 2.28. The smallest absolute Gasteiger partial charge is 0.128 e. The summed E-state index contributed by atoms with van der Waals surface area (Å²) >= 11 is 0. The molecule has 2 unspecified atom stereocenters. The summed E-state index contributed by atoms with van der Waals surface area (Å²) in [6.07, 6.45) is 1.13. The lowest BCUT2D eigenvalue weighted by Gasteiger charge is -2.31. The molecule has 2 aromatic rings. The predicted octanol–water partition coefficient (Wildman–Crippen LogP) is 3.87. The third kappa shape index (κ3) is 1.93. The largest absolute Gasteiger partial charge is 0.370 e. The number of anilines is 1. The van der Waals surface area contributed by atoms with E-state index in [9.17, 15) is 0 Å². The Bertz CT molecular complexity index is 571. The van der Waals surface area contributed by atoms with Gasteiger partial charge in [-0.3, -0.25) is 0 Å². The van der Waals surface area contributed by atoms with Gasteiger partial charge in [-0.25, -0.2) is 4.68 Å². The van der Waals surface area contributed by atoms with Gasteiger partial charge in [0.25, 0.3) is 0 Å². The molecule has 0 bridgehead atoms. The maximum absolute atomic E-state index is 4.88. The number of hydrogen-bond donors (Lipinski definition) is 1. The number of nitrogens with one attached hydrogen (secondary N) is 1. The van der Waals surface area contributed by atoms with Crippen LogP contribution in [0.15, 0.2) is 30.3 Å². The summed E-state index contributed by atoms with van der Waals surface area (Å²) in [5, 5.41) is 8.41. The first-order valence-electron chi connectivity index (χ1n) is 7.10. The van der Waals surface area contributed by atoms with Crippen LogP contribution in [0.5, 0.6) is 0 Å². The summed E-state index contributed by atoms with van der Waals surface area (Å²) in [5.74, 6) is 1.82. The zero-order valence-corrected chi connectivity index (χ0v) is 11.9. The van der Waals surface area contributed by atoms with Gasteiger partial charge in [0, 0.05) is 17.7 Å². The number of fused-ring (bicyclic) bond motifs is 1. The second kappa shape index (κ2) is 4.72. The van der Waals surface area contributed by atoms with Gasteiger partial charge in [0.2, 0.25) is 0 Å². The number of rotatable bonds is 2. The molecule has 0 radical (unpaired) electrons. The van der Waals surface area contributed by atoms with Crippen LogP contribution in [-0.2, 0) is 0 Å². The van der Waals surface area contributed by atoms with Gasteiger partial charge in [-0.15, -0.1) is 0 Å². The Balaban J connectivity index is 2.11. The van der Waals surface area contributed by atoms with Gasteiger partial charge >= 0.3 is 0 Å². The summed E-state index contributed by atoms with van der Waals surface area (Å²) < 4.78 is 2.20. The fourth-order valence-corrected chi connectivity index (χ4v) is 3.05. The Hall–Kier alpha value is -1.77. The molecule has 0 saturated heterocycles. The van der Waals surface area contributed by atoms with Crippen LogP contribution in [-0.4, -0.2) is 16.3 Å². The highest BCUT2D eigenvalue weighted by Crippen LogP contribution is 2.36. The molecule has 1 N–H and O–H groups in total. The third-order valence-electron chi connectivity index (χ3n) is 4.18. The number of nitrogens with zero attached hydrogens (tertiary/aromatic N) is 2. The van der Waals surface area contributed by atoms with Gasteiger partial charge in [-0.2, -0.15) is 5.10 Å². The van der Waals surface area contributed by atoms with E-state index in [0.29, 0.717) is 12.0 Å². The SMILES string of the molecule is CCC1C(C)CNc2c(C)c(-c3ccccc3)nn21. The minimum absolute atomic E-state index is 0.507. The third-order valence-corrected chi connectivity index (χ3v) is 4.18. The Labute approximate surface area is 114 Å². The van der Waals surface area contributed by atoms with Crippen molar-refractivity contribution in [1.82, 2.24) is 9.78 Å². The van der Waals surface area contributed by atoms with Crippen LogP contribution in [0.1, 0.15) is 31.9 Å². The lowest BCUT2D eigenvalue weighted by atomic mass is 9.97. The molecule has 2 atom stereocenters. The molecule has 100 valence electrons. The average molecular weight is 255 g/mol. The molecule has 19 heavy (non-hydrogen) atoms. The molecule has 1 aromatic carbocycles. The summed E-state index contributed by atoms with van der Waals surface area (Å²) in [4.78, 5) is 0. The normalized spacial score (nSPS) is 21.8. The van der Waals surface area contributed by atoms with E-state index in [1.165, 1.54) is 16.9 Å². The van der Waals surface area contributed by atoms with Gasteiger partial charge in [0.15, 0.2) is 0 Å².